The molecule has 2 aromatic rings. The molecular formula is C15H15Br2N3O. The number of carbonyl (C=O) groups excluding carboxylic acids is 1. The number of urea groups is 1. The number of hydrogen-bond acceptors (Lipinski definition) is 2. The highest BCUT2D eigenvalue weighted by Gasteiger charge is 2.20. The third-order valence-electron chi connectivity index (χ3n) is 2.87. The van der Waals surface area contributed by atoms with Crippen molar-refractivity contribution in [2.45, 2.75) is 0 Å². The normalized spacial score (nSPS) is 13.4. The maximum absolute atomic E-state index is 11.3. The summed E-state index contributed by atoms with van der Waals surface area (Å²) in [5, 5.41) is 2.76. The Hall–Kier alpha value is -1.53. The molecule has 0 bridgehead atoms. The van der Waals surface area contributed by atoms with Crippen LogP contribution in [0.5, 0.6) is 0 Å². The van der Waals surface area contributed by atoms with Gasteiger partial charge in [0, 0.05) is 33.4 Å². The molecule has 2 amide bonds. The van der Waals surface area contributed by atoms with Crippen molar-refractivity contribution in [3.63, 3.8) is 0 Å². The van der Waals surface area contributed by atoms with Crippen molar-refractivity contribution in [3.8, 4) is 0 Å². The van der Waals surface area contributed by atoms with E-state index in [0.29, 0.717) is 0 Å². The van der Waals surface area contributed by atoms with E-state index in [1.165, 1.54) is 0 Å². The van der Waals surface area contributed by atoms with Crippen molar-refractivity contribution >= 4 is 49.3 Å². The van der Waals surface area contributed by atoms with Gasteiger partial charge in [0.15, 0.2) is 0 Å². The van der Waals surface area contributed by atoms with E-state index in [4.69, 9.17) is 5.73 Å². The monoisotopic (exact) mass is 411 g/mol. The van der Waals surface area contributed by atoms with Crippen molar-refractivity contribution in [1.29, 1.82) is 0 Å². The van der Waals surface area contributed by atoms with Crippen LogP contribution >= 0.6 is 31.9 Å². The number of nitrogens with two attached hydrogens (primary N) is 1. The van der Waals surface area contributed by atoms with Gasteiger partial charge in [0.05, 0.1) is 0 Å². The number of amides is 2. The lowest BCUT2D eigenvalue weighted by atomic mass is 10.3. The van der Waals surface area contributed by atoms with E-state index < -0.39 is 0 Å². The molecule has 3 rings (SSSR count). The van der Waals surface area contributed by atoms with Crippen LogP contribution in [0.1, 0.15) is 0 Å². The minimum atomic E-state index is -0.0117. The summed E-state index contributed by atoms with van der Waals surface area (Å²) in [6.07, 6.45) is 0. The van der Waals surface area contributed by atoms with Gasteiger partial charge in [0.25, 0.3) is 0 Å². The van der Waals surface area contributed by atoms with E-state index in [-0.39, 0.29) is 6.03 Å². The highest BCUT2D eigenvalue weighted by atomic mass is 79.9. The second-order valence-corrected chi connectivity index (χ2v) is 6.24. The number of nitrogens with zero attached hydrogens (tertiary/aromatic N) is 1. The minimum Gasteiger partial charge on any atom is -0.399 e. The fraction of sp³-hybridized carbons (Fsp3) is 0.133. The van der Waals surface area contributed by atoms with Gasteiger partial charge in [-0.05, 0) is 48.5 Å². The molecule has 0 aliphatic carbocycles. The van der Waals surface area contributed by atoms with Crippen LogP contribution in [0.3, 0.4) is 0 Å². The summed E-state index contributed by atoms with van der Waals surface area (Å²) < 4.78 is 2.09. The van der Waals surface area contributed by atoms with Crippen molar-refractivity contribution in [1.82, 2.24) is 5.32 Å². The zero-order valence-electron chi connectivity index (χ0n) is 11.2. The third kappa shape index (κ3) is 4.75. The lowest BCUT2D eigenvalue weighted by Crippen LogP contribution is -2.27. The first kappa shape index (κ1) is 15.9. The number of nitrogens with one attached hydrogen (secondary N) is 1. The number of carbonyl (C=O) groups is 1. The number of halogens is 2. The first-order valence-electron chi connectivity index (χ1n) is 6.38. The Morgan fingerprint density at radius 1 is 0.952 bits per heavy atom. The van der Waals surface area contributed by atoms with E-state index in [1.54, 1.807) is 4.90 Å². The van der Waals surface area contributed by atoms with Crippen molar-refractivity contribution in [3.05, 3.63) is 57.5 Å². The Labute approximate surface area is 140 Å². The Morgan fingerprint density at radius 3 is 1.90 bits per heavy atom. The summed E-state index contributed by atoms with van der Waals surface area (Å²) in [7, 11) is 0. The summed E-state index contributed by atoms with van der Waals surface area (Å²) in [5.41, 5.74) is 7.15. The molecule has 21 heavy (non-hydrogen) atoms. The molecule has 1 heterocycles. The molecule has 0 saturated carbocycles. The van der Waals surface area contributed by atoms with Gasteiger partial charge in [-0.15, -0.1) is 0 Å². The van der Waals surface area contributed by atoms with Gasteiger partial charge >= 0.3 is 6.03 Å². The number of anilines is 2. The fourth-order valence-electron chi connectivity index (χ4n) is 1.80. The molecule has 1 fully saturated rings. The van der Waals surface area contributed by atoms with Crippen LogP contribution in [0.25, 0.3) is 0 Å². The average Bonchev–Trinajstić information content (AvgIpc) is 2.90. The van der Waals surface area contributed by atoms with E-state index in [1.807, 2.05) is 48.5 Å². The molecule has 0 radical (unpaired) electrons. The van der Waals surface area contributed by atoms with Crippen LogP contribution in [0.4, 0.5) is 16.2 Å². The molecule has 1 aliphatic heterocycles. The Balaban J connectivity index is 0.000000173. The zero-order chi connectivity index (χ0) is 15.2. The Bertz CT molecular complexity index is 578. The molecule has 0 unspecified atom stereocenters. The number of hydrogen-bond donors (Lipinski definition) is 2. The van der Waals surface area contributed by atoms with Crippen LogP contribution in [0.15, 0.2) is 57.5 Å². The molecule has 2 aromatic carbocycles. The van der Waals surface area contributed by atoms with E-state index in [9.17, 15) is 4.79 Å². The summed E-state index contributed by atoms with van der Waals surface area (Å²) >= 11 is 6.64. The largest absolute Gasteiger partial charge is 0.399 e. The highest BCUT2D eigenvalue weighted by molar-refractivity contribution is 9.10. The third-order valence-corrected chi connectivity index (χ3v) is 3.92. The molecule has 1 aliphatic rings. The van der Waals surface area contributed by atoms with E-state index >= 15 is 0 Å². The molecule has 110 valence electrons. The number of rotatable bonds is 1. The topological polar surface area (TPSA) is 58.4 Å². The first-order chi connectivity index (χ1) is 10.1. The smallest absolute Gasteiger partial charge is 0.321 e. The first-order valence-corrected chi connectivity index (χ1v) is 7.97. The van der Waals surface area contributed by atoms with Crippen LogP contribution in [-0.2, 0) is 0 Å². The standard InChI is InChI=1S/C9H9BrN2O.C6H6BrN/c10-7-1-3-8(4-2-7)12-6-5-11-9(12)13;7-5-1-3-6(8)4-2-5/h1-4H,5-6H2,(H,11,13);1-4H,8H2. The minimum absolute atomic E-state index is 0.0117. The second kappa shape index (κ2) is 7.47. The fourth-order valence-corrected chi connectivity index (χ4v) is 2.33. The van der Waals surface area contributed by atoms with Crippen molar-refractivity contribution in [2.24, 2.45) is 0 Å². The zero-order valence-corrected chi connectivity index (χ0v) is 14.4. The molecule has 0 aromatic heterocycles. The van der Waals surface area contributed by atoms with Crippen molar-refractivity contribution < 1.29 is 4.79 Å². The van der Waals surface area contributed by atoms with Crippen LogP contribution < -0.4 is 16.0 Å². The van der Waals surface area contributed by atoms with Crippen LogP contribution in [0, 0.1) is 0 Å². The summed E-state index contributed by atoms with van der Waals surface area (Å²) in [6, 6.07) is 15.2. The van der Waals surface area contributed by atoms with Gasteiger partial charge in [-0.1, -0.05) is 31.9 Å². The highest BCUT2D eigenvalue weighted by Crippen LogP contribution is 2.19. The van der Waals surface area contributed by atoms with Gasteiger partial charge in [-0.3, -0.25) is 4.90 Å². The summed E-state index contributed by atoms with van der Waals surface area (Å²) in [6.45, 7) is 1.48. The van der Waals surface area contributed by atoms with Crippen molar-refractivity contribution in [2.75, 3.05) is 23.7 Å². The van der Waals surface area contributed by atoms with Gasteiger partial charge in [-0.25, -0.2) is 4.79 Å². The average molecular weight is 413 g/mol. The van der Waals surface area contributed by atoms with Gasteiger partial charge in [0.2, 0.25) is 0 Å². The van der Waals surface area contributed by atoms with Gasteiger partial charge < -0.3 is 11.1 Å². The maximum Gasteiger partial charge on any atom is 0.321 e. The molecule has 0 spiro atoms. The molecule has 4 nitrogen and oxygen atoms in total. The van der Waals surface area contributed by atoms with Crippen LogP contribution in [-0.4, -0.2) is 19.1 Å². The van der Waals surface area contributed by atoms with E-state index in [0.717, 1.165) is 33.4 Å². The molecule has 3 N–H and O–H groups in total. The molecule has 6 heteroatoms. The molecule has 1 saturated heterocycles. The predicted octanol–water partition coefficient (Wildman–Crippen LogP) is 4.01. The lowest BCUT2D eigenvalue weighted by molar-refractivity contribution is 0.252. The van der Waals surface area contributed by atoms with Gasteiger partial charge in [-0.2, -0.15) is 0 Å². The number of benzene rings is 2. The van der Waals surface area contributed by atoms with E-state index in [2.05, 4.69) is 37.2 Å². The molecule has 0 atom stereocenters. The number of nitrogen functional groups attached to an aromatic ring is 1. The predicted molar refractivity (Wildman–Crippen MR) is 93.4 cm³/mol. The summed E-state index contributed by atoms with van der Waals surface area (Å²) in [5.74, 6) is 0. The molecular weight excluding hydrogens is 398 g/mol. The van der Waals surface area contributed by atoms with Gasteiger partial charge in [0.1, 0.15) is 0 Å². The summed E-state index contributed by atoms with van der Waals surface area (Å²) in [4.78, 5) is 13.0. The Morgan fingerprint density at radius 2 is 1.48 bits per heavy atom. The quantitative estimate of drug-likeness (QED) is 0.695. The lowest BCUT2D eigenvalue weighted by Gasteiger charge is -2.13. The SMILES string of the molecule is Nc1ccc(Br)cc1.O=C1NCCN1c1ccc(Br)cc1. The maximum atomic E-state index is 11.3. The Kier molecular flexibility index (Phi) is 5.64. The second-order valence-electron chi connectivity index (χ2n) is 4.41. The van der Waals surface area contributed by atoms with Crippen LogP contribution in [0.2, 0.25) is 0 Å².